The molecule has 2 aromatic rings. The van der Waals surface area contributed by atoms with Gasteiger partial charge in [-0.05, 0) is 42.5 Å². The zero-order chi connectivity index (χ0) is 21.5. The van der Waals surface area contributed by atoms with Crippen molar-refractivity contribution in [2.75, 3.05) is 44.6 Å². The van der Waals surface area contributed by atoms with Crippen molar-refractivity contribution in [1.29, 1.82) is 0 Å². The van der Waals surface area contributed by atoms with Crippen LogP contribution in [0, 0.1) is 0 Å². The molecule has 2 aliphatic heterocycles. The first-order valence-electron chi connectivity index (χ1n) is 11.4. The van der Waals surface area contributed by atoms with Crippen LogP contribution in [0.1, 0.15) is 30.4 Å². The topological polar surface area (TPSA) is 55.9 Å². The van der Waals surface area contributed by atoms with Crippen LogP contribution in [0.2, 0.25) is 0 Å². The first-order chi connectivity index (χ1) is 15.2. The minimum absolute atomic E-state index is 0.0451. The number of anilines is 1. The molecule has 2 aliphatic rings. The summed E-state index contributed by atoms with van der Waals surface area (Å²) in [4.78, 5) is 31.0. The van der Waals surface area contributed by atoms with E-state index in [0.29, 0.717) is 6.42 Å². The second-order valence-corrected chi connectivity index (χ2v) is 8.46. The normalized spacial score (nSPS) is 17.0. The van der Waals surface area contributed by atoms with Crippen molar-refractivity contribution < 1.29 is 9.59 Å². The molecule has 6 nitrogen and oxygen atoms in total. The monoisotopic (exact) mass is 420 g/mol. The van der Waals surface area contributed by atoms with Gasteiger partial charge in [-0.1, -0.05) is 42.5 Å². The van der Waals surface area contributed by atoms with Crippen LogP contribution in [-0.2, 0) is 17.8 Å². The van der Waals surface area contributed by atoms with Crippen LogP contribution >= 0.6 is 0 Å². The Balaban J connectivity index is 1.19. The van der Waals surface area contributed by atoms with Gasteiger partial charge < -0.3 is 15.1 Å². The molecule has 2 heterocycles. The van der Waals surface area contributed by atoms with Gasteiger partial charge in [-0.15, -0.1) is 0 Å². The molecule has 2 aromatic carbocycles. The number of aryl methyl sites for hydroxylation is 1. The molecule has 2 saturated heterocycles. The number of rotatable bonds is 6. The number of likely N-dealkylation sites (tertiary alicyclic amines) is 1. The Bertz CT molecular complexity index is 855. The number of nitrogens with one attached hydrogen (secondary N) is 1. The van der Waals surface area contributed by atoms with Gasteiger partial charge in [-0.25, -0.2) is 4.79 Å². The van der Waals surface area contributed by atoms with Gasteiger partial charge in [0.15, 0.2) is 0 Å². The Hall–Kier alpha value is -2.86. The van der Waals surface area contributed by atoms with Crippen molar-refractivity contribution in [3.63, 3.8) is 0 Å². The van der Waals surface area contributed by atoms with Crippen LogP contribution in [0.4, 0.5) is 10.5 Å². The summed E-state index contributed by atoms with van der Waals surface area (Å²) < 4.78 is 0. The third-order valence-corrected chi connectivity index (χ3v) is 6.20. The Labute approximate surface area is 184 Å². The predicted octanol–water partition coefficient (Wildman–Crippen LogP) is 3.59. The molecule has 0 saturated carbocycles. The summed E-state index contributed by atoms with van der Waals surface area (Å²) in [6, 6.07) is 18.3. The molecular weight excluding hydrogens is 388 g/mol. The zero-order valence-electron chi connectivity index (χ0n) is 18.1. The maximum atomic E-state index is 12.6. The standard InChI is InChI=1S/C25H32N4O2/c30-24(28-14-4-5-15-28)13-10-21-8-11-23(12-9-21)26-25(31)29-18-16-27(17-19-29)20-22-6-2-1-3-7-22/h1-3,6-9,11-12H,4-5,10,13-20H2,(H,26,31). The van der Waals surface area contributed by atoms with Crippen LogP contribution in [0.25, 0.3) is 0 Å². The molecule has 6 heteroatoms. The Morgan fingerprint density at radius 3 is 2.10 bits per heavy atom. The third-order valence-electron chi connectivity index (χ3n) is 6.20. The minimum atomic E-state index is -0.0451. The fourth-order valence-corrected chi connectivity index (χ4v) is 4.28. The zero-order valence-corrected chi connectivity index (χ0v) is 18.1. The minimum Gasteiger partial charge on any atom is -0.343 e. The van der Waals surface area contributed by atoms with Crippen molar-refractivity contribution in [2.24, 2.45) is 0 Å². The lowest BCUT2D eigenvalue weighted by molar-refractivity contribution is -0.130. The molecule has 0 spiro atoms. The van der Waals surface area contributed by atoms with Crippen LogP contribution in [-0.4, -0.2) is 65.9 Å². The van der Waals surface area contributed by atoms with Gasteiger partial charge in [-0.2, -0.15) is 0 Å². The summed E-state index contributed by atoms with van der Waals surface area (Å²) in [5, 5.41) is 3.01. The highest BCUT2D eigenvalue weighted by Crippen LogP contribution is 2.15. The second-order valence-electron chi connectivity index (χ2n) is 8.46. The molecule has 31 heavy (non-hydrogen) atoms. The van der Waals surface area contributed by atoms with Gasteiger partial charge in [0.05, 0.1) is 0 Å². The molecule has 0 aromatic heterocycles. The number of carbonyl (C=O) groups is 2. The van der Waals surface area contributed by atoms with E-state index in [2.05, 4.69) is 34.5 Å². The number of carbonyl (C=O) groups excluding carboxylic acids is 2. The van der Waals surface area contributed by atoms with E-state index in [1.165, 1.54) is 5.56 Å². The molecular formula is C25H32N4O2. The van der Waals surface area contributed by atoms with Crippen LogP contribution in [0.15, 0.2) is 54.6 Å². The smallest absolute Gasteiger partial charge is 0.321 e. The van der Waals surface area contributed by atoms with E-state index in [4.69, 9.17) is 0 Å². The van der Waals surface area contributed by atoms with E-state index < -0.39 is 0 Å². The maximum Gasteiger partial charge on any atom is 0.321 e. The number of benzene rings is 2. The van der Waals surface area contributed by atoms with Gasteiger partial charge in [0.2, 0.25) is 5.91 Å². The van der Waals surface area contributed by atoms with E-state index in [0.717, 1.165) is 76.3 Å². The first kappa shape index (κ1) is 21.4. The Morgan fingerprint density at radius 1 is 0.742 bits per heavy atom. The molecule has 3 amide bonds. The van der Waals surface area contributed by atoms with Crippen molar-refractivity contribution in [2.45, 2.75) is 32.2 Å². The lowest BCUT2D eigenvalue weighted by Crippen LogP contribution is -2.49. The molecule has 0 bridgehead atoms. The highest BCUT2D eigenvalue weighted by atomic mass is 16.2. The molecule has 0 unspecified atom stereocenters. The lowest BCUT2D eigenvalue weighted by Gasteiger charge is -2.34. The van der Waals surface area contributed by atoms with Gasteiger partial charge in [0, 0.05) is 57.9 Å². The van der Waals surface area contributed by atoms with Crippen molar-refractivity contribution in [3.05, 3.63) is 65.7 Å². The molecule has 0 atom stereocenters. The summed E-state index contributed by atoms with van der Waals surface area (Å²) in [5.41, 5.74) is 3.23. The van der Waals surface area contributed by atoms with Crippen molar-refractivity contribution >= 4 is 17.6 Å². The quantitative estimate of drug-likeness (QED) is 0.777. The number of piperazine rings is 1. The molecule has 164 valence electrons. The SMILES string of the molecule is O=C(CCc1ccc(NC(=O)N2CCN(Cc3ccccc3)CC2)cc1)N1CCCC1. The fraction of sp³-hybridized carbons (Fsp3) is 0.440. The summed E-state index contributed by atoms with van der Waals surface area (Å²) in [6.45, 7) is 5.97. The van der Waals surface area contributed by atoms with Gasteiger partial charge >= 0.3 is 6.03 Å². The summed E-state index contributed by atoms with van der Waals surface area (Å²) in [7, 11) is 0. The van der Waals surface area contributed by atoms with E-state index in [-0.39, 0.29) is 11.9 Å². The van der Waals surface area contributed by atoms with Gasteiger partial charge in [0.1, 0.15) is 0 Å². The molecule has 1 N–H and O–H groups in total. The predicted molar refractivity (Wildman–Crippen MR) is 123 cm³/mol. The Kier molecular flexibility index (Phi) is 7.20. The molecule has 4 rings (SSSR count). The Morgan fingerprint density at radius 2 is 1.42 bits per heavy atom. The third kappa shape index (κ3) is 6.07. The largest absolute Gasteiger partial charge is 0.343 e. The van der Waals surface area contributed by atoms with Crippen LogP contribution in [0.5, 0.6) is 0 Å². The number of urea groups is 1. The summed E-state index contributed by atoms with van der Waals surface area (Å²) in [5.74, 6) is 0.251. The lowest BCUT2D eigenvalue weighted by atomic mass is 10.1. The molecule has 0 radical (unpaired) electrons. The van der Waals surface area contributed by atoms with Gasteiger partial charge in [0.25, 0.3) is 0 Å². The number of amides is 3. The van der Waals surface area contributed by atoms with E-state index in [1.807, 2.05) is 40.1 Å². The summed E-state index contributed by atoms with van der Waals surface area (Å²) >= 11 is 0. The fourth-order valence-electron chi connectivity index (χ4n) is 4.28. The summed E-state index contributed by atoms with van der Waals surface area (Å²) in [6.07, 6.45) is 3.55. The first-order valence-corrected chi connectivity index (χ1v) is 11.4. The van der Waals surface area contributed by atoms with Crippen molar-refractivity contribution in [3.8, 4) is 0 Å². The highest BCUT2D eigenvalue weighted by molar-refractivity contribution is 5.89. The van der Waals surface area contributed by atoms with E-state index >= 15 is 0 Å². The van der Waals surface area contributed by atoms with E-state index in [9.17, 15) is 9.59 Å². The molecule has 2 fully saturated rings. The highest BCUT2D eigenvalue weighted by Gasteiger charge is 2.21. The average Bonchev–Trinajstić information content (AvgIpc) is 3.35. The average molecular weight is 421 g/mol. The second kappa shape index (κ2) is 10.4. The van der Waals surface area contributed by atoms with Gasteiger partial charge in [-0.3, -0.25) is 9.69 Å². The van der Waals surface area contributed by atoms with Crippen molar-refractivity contribution in [1.82, 2.24) is 14.7 Å². The van der Waals surface area contributed by atoms with Crippen LogP contribution in [0.3, 0.4) is 0 Å². The van der Waals surface area contributed by atoms with E-state index in [1.54, 1.807) is 0 Å². The number of hydrogen-bond donors (Lipinski definition) is 1. The number of nitrogens with zero attached hydrogens (tertiary/aromatic N) is 3. The maximum absolute atomic E-state index is 12.6. The number of hydrogen-bond acceptors (Lipinski definition) is 3. The van der Waals surface area contributed by atoms with Crippen LogP contribution < -0.4 is 5.32 Å². The molecule has 0 aliphatic carbocycles.